The second-order valence-electron chi connectivity index (χ2n) is 6.53. The molecule has 1 aliphatic heterocycles. The number of hydrogen-bond donors (Lipinski definition) is 0. The Morgan fingerprint density at radius 2 is 1.81 bits per heavy atom. The van der Waals surface area contributed by atoms with E-state index in [1.165, 1.54) is 5.56 Å². The van der Waals surface area contributed by atoms with Gasteiger partial charge in [-0.1, -0.05) is 30.3 Å². The molecule has 0 aromatic heterocycles. The monoisotopic (exact) mass is 286 g/mol. The minimum absolute atomic E-state index is 0.353. The Morgan fingerprint density at radius 1 is 1.14 bits per heavy atom. The largest absolute Gasteiger partial charge is 0.342 e. The minimum atomic E-state index is 0.353. The summed E-state index contributed by atoms with van der Waals surface area (Å²) in [4.78, 5) is 16.7. The van der Waals surface area contributed by atoms with Crippen LogP contribution in [0.1, 0.15) is 31.2 Å². The van der Waals surface area contributed by atoms with E-state index in [-0.39, 0.29) is 0 Å². The van der Waals surface area contributed by atoms with Gasteiger partial charge >= 0.3 is 0 Å². The van der Waals surface area contributed by atoms with E-state index in [1.807, 2.05) is 11.9 Å². The van der Waals surface area contributed by atoms with Gasteiger partial charge in [-0.3, -0.25) is 4.79 Å². The lowest BCUT2D eigenvalue weighted by Crippen LogP contribution is -2.46. The van der Waals surface area contributed by atoms with E-state index in [2.05, 4.69) is 35.2 Å². The molecule has 2 fully saturated rings. The van der Waals surface area contributed by atoms with Crippen LogP contribution in [0.15, 0.2) is 30.3 Å². The van der Waals surface area contributed by atoms with Gasteiger partial charge in [0.25, 0.3) is 0 Å². The highest BCUT2D eigenvalue weighted by Crippen LogP contribution is 2.32. The molecular weight excluding hydrogens is 260 g/mol. The van der Waals surface area contributed by atoms with Crippen LogP contribution in [0.5, 0.6) is 0 Å². The summed E-state index contributed by atoms with van der Waals surface area (Å²) < 4.78 is 0. The van der Waals surface area contributed by atoms with Gasteiger partial charge in [-0.05, 0) is 37.7 Å². The average molecular weight is 286 g/mol. The van der Waals surface area contributed by atoms with Crippen LogP contribution < -0.4 is 0 Å². The van der Waals surface area contributed by atoms with Crippen molar-refractivity contribution in [2.45, 2.75) is 38.1 Å². The van der Waals surface area contributed by atoms with Crippen molar-refractivity contribution < 1.29 is 4.79 Å². The zero-order valence-corrected chi connectivity index (χ0v) is 13.0. The van der Waals surface area contributed by atoms with Gasteiger partial charge in [0.1, 0.15) is 0 Å². The molecule has 1 aliphatic carbocycles. The van der Waals surface area contributed by atoms with Crippen molar-refractivity contribution in [2.75, 3.05) is 26.7 Å². The molecule has 1 aromatic rings. The third-order valence-electron chi connectivity index (χ3n) is 4.94. The second kappa shape index (κ2) is 6.61. The lowest BCUT2D eigenvalue weighted by Gasteiger charge is -2.37. The normalized spacial score (nSPS) is 20.4. The number of likely N-dealkylation sites (tertiary alicyclic amines) is 1. The first kappa shape index (κ1) is 14.6. The molecular formula is C18H26N2O. The molecule has 1 heterocycles. The van der Waals surface area contributed by atoms with Crippen molar-refractivity contribution in [3.8, 4) is 0 Å². The molecule has 114 valence electrons. The molecule has 0 radical (unpaired) electrons. The quantitative estimate of drug-likeness (QED) is 0.830. The number of carbonyl (C=O) groups is 1. The number of amides is 1. The summed E-state index contributed by atoms with van der Waals surface area (Å²) in [5, 5.41) is 0. The Balaban J connectivity index is 1.41. The predicted octanol–water partition coefficient (Wildman–Crippen LogP) is 2.56. The highest BCUT2D eigenvalue weighted by atomic mass is 16.2. The summed E-state index contributed by atoms with van der Waals surface area (Å²) in [7, 11) is 2.00. The topological polar surface area (TPSA) is 23.6 Å². The second-order valence-corrected chi connectivity index (χ2v) is 6.53. The highest BCUT2D eigenvalue weighted by molar-refractivity contribution is 5.81. The van der Waals surface area contributed by atoms with Gasteiger partial charge in [-0.15, -0.1) is 0 Å². The van der Waals surface area contributed by atoms with E-state index in [0.717, 1.165) is 51.7 Å². The molecule has 3 heteroatoms. The summed E-state index contributed by atoms with van der Waals surface area (Å²) in [5.41, 5.74) is 1.42. The molecule has 0 bridgehead atoms. The first-order valence-electron chi connectivity index (χ1n) is 8.27. The highest BCUT2D eigenvalue weighted by Gasteiger charge is 2.35. The van der Waals surface area contributed by atoms with Crippen LogP contribution in [0.3, 0.4) is 0 Å². The van der Waals surface area contributed by atoms with Gasteiger partial charge in [0.05, 0.1) is 0 Å². The van der Waals surface area contributed by atoms with Crippen LogP contribution in [0, 0.1) is 5.92 Å². The van der Waals surface area contributed by atoms with E-state index in [0.29, 0.717) is 17.9 Å². The van der Waals surface area contributed by atoms with Crippen LogP contribution in [0.2, 0.25) is 0 Å². The summed E-state index contributed by atoms with van der Waals surface area (Å²) in [6, 6.07) is 11.2. The smallest absolute Gasteiger partial charge is 0.225 e. The summed E-state index contributed by atoms with van der Waals surface area (Å²) in [6.07, 6.45) is 5.61. The summed E-state index contributed by atoms with van der Waals surface area (Å²) in [6.45, 7) is 3.39. The van der Waals surface area contributed by atoms with Crippen LogP contribution in [-0.4, -0.2) is 48.4 Å². The zero-order chi connectivity index (χ0) is 14.7. The van der Waals surface area contributed by atoms with E-state index < -0.39 is 0 Å². The van der Waals surface area contributed by atoms with Crippen LogP contribution in [0.25, 0.3) is 0 Å². The fourth-order valence-electron chi connectivity index (χ4n) is 3.26. The number of carbonyl (C=O) groups excluding carboxylic acids is 1. The lowest BCUT2D eigenvalue weighted by molar-refractivity contribution is -0.134. The first-order chi connectivity index (χ1) is 10.2. The predicted molar refractivity (Wildman–Crippen MR) is 85.1 cm³/mol. The summed E-state index contributed by atoms with van der Waals surface area (Å²) >= 11 is 0. The Hall–Kier alpha value is -1.35. The van der Waals surface area contributed by atoms with Gasteiger partial charge < -0.3 is 9.80 Å². The SMILES string of the molecule is CN(C(=O)C1CC1)C1CCN(CCc2ccccc2)CC1. The van der Waals surface area contributed by atoms with Crippen molar-refractivity contribution in [2.24, 2.45) is 5.92 Å². The van der Waals surface area contributed by atoms with Crippen LogP contribution >= 0.6 is 0 Å². The number of hydrogen-bond acceptors (Lipinski definition) is 2. The van der Waals surface area contributed by atoms with E-state index >= 15 is 0 Å². The van der Waals surface area contributed by atoms with Crippen molar-refractivity contribution >= 4 is 5.91 Å². The Labute approximate surface area is 127 Å². The number of nitrogens with zero attached hydrogens (tertiary/aromatic N) is 2. The van der Waals surface area contributed by atoms with Crippen LogP contribution in [-0.2, 0) is 11.2 Å². The molecule has 1 saturated carbocycles. The van der Waals surface area contributed by atoms with Crippen molar-refractivity contribution in [1.29, 1.82) is 0 Å². The van der Waals surface area contributed by atoms with Gasteiger partial charge in [0.2, 0.25) is 5.91 Å². The maximum absolute atomic E-state index is 12.1. The fourth-order valence-corrected chi connectivity index (χ4v) is 3.26. The van der Waals surface area contributed by atoms with Crippen molar-refractivity contribution in [3.63, 3.8) is 0 Å². The van der Waals surface area contributed by atoms with E-state index in [1.54, 1.807) is 0 Å². The van der Waals surface area contributed by atoms with Gasteiger partial charge in [0, 0.05) is 38.6 Å². The number of benzene rings is 1. The molecule has 3 rings (SSSR count). The lowest BCUT2D eigenvalue weighted by atomic mass is 10.0. The molecule has 0 N–H and O–H groups in total. The average Bonchev–Trinajstić information content (AvgIpc) is 3.38. The molecule has 0 unspecified atom stereocenters. The molecule has 1 amide bonds. The summed E-state index contributed by atoms with van der Waals surface area (Å²) in [5.74, 6) is 0.740. The molecule has 2 aliphatic rings. The Bertz CT molecular complexity index is 461. The molecule has 1 saturated heterocycles. The molecule has 3 nitrogen and oxygen atoms in total. The zero-order valence-electron chi connectivity index (χ0n) is 13.0. The van der Waals surface area contributed by atoms with E-state index in [9.17, 15) is 4.79 Å². The molecule has 0 atom stereocenters. The van der Waals surface area contributed by atoms with Crippen LogP contribution in [0.4, 0.5) is 0 Å². The fraction of sp³-hybridized carbons (Fsp3) is 0.611. The van der Waals surface area contributed by atoms with Gasteiger partial charge in [-0.2, -0.15) is 0 Å². The Morgan fingerprint density at radius 3 is 2.43 bits per heavy atom. The maximum atomic E-state index is 12.1. The minimum Gasteiger partial charge on any atom is -0.342 e. The standard InChI is InChI=1S/C18H26N2O/c1-19(18(21)16-7-8-16)17-10-13-20(14-11-17)12-9-15-5-3-2-4-6-15/h2-6,16-17H,7-14H2,1H3. The number of piperidine rings is 1. The van der Waals surface area contributed by atoms with Gasteiger partial charge in [0.15, 0.2) is 0 Å². The van der Waals surface area contributed by atoms with E-state index in [4.69, 9.17) is 0 Å². The number of rotatable bonds is 5. The first-order valence-corrected chi connectivity index (χ1v) is 8.27. The molecule has 1 aromatic carbocycles. The maximum Gasteiger partial charge on any atom is 0.225 e. The Kier molecular flexibility index (Phi) is 4.59. The third kappa shape index (κ3) is 3.85. The van der Waals surface area contributed by atoms with Gasteiger partial charge in [-0.25, -0.2) is 0 Å². The third-order valence-corrected chi connectivity index (χ3v) is 4.94. The molecule has 0 spiro atoms. The van der Waals surface area contributed by atoms with Crippen molar-refractivity contribution in [3.05, 3.63) is 35.9 Å². The van der Waals surface area contributed by atoms with Crippen molar-refractivity contribution in [1.82, 2.24) is 9.80 Å². The molecule has 21 heavy (non-hydrogen) atoms.